The first-order valence-corrected chi connectivity index (χ1v) is 4.56. The Labute approximate surface area is 78.6 Å². The first-order chi connectivity index (χ1) is 6.25. The fourth-order valence-corrected chi connectivity index (χ4v) is 1.77. The van der Waals surface area contributed by atoms with Crippen molar-refractivity contribution < 1.29 is 14.3 Å². The van der Waals surface area contributed by atoms with Gasteiger partial charge in [-0.1, -0.05) is 0 Å². The normalized spacial score (nSPS) is 21.1. The lowest BCUT2D eigenvalue weighted by atomic mass is 9.80. The zero-order chi connectivity index (χ0) is 9.73. The third-order valence-corrected chi connectivity index (χ3v) is 2.58. The summed E-state index contributed by atoms with van der Waals surface area (Å²) < 4.78 is 10.0. The van der Waals surface area contributed by atoms with E-state index in [1.165, 1.54) is 7.11 Å². The molecular weight excluding hydrogens is 170 g/mol. The van der Waals surface area contributed by atoms with E-state index < -0.39 is 0 Å². The topological polar surface area (TPSA) is 47.6 Å². The molecule has 0 aromatic rings. The SMILES string of the molecule is CNCC1(C(=O)OC)CCOCC1. The van der Waals surface area contributed by atoms with Crippen LogP contribution in [0.4, 0.5) is 0 Å². The number of hydrogen-bond donors (Lipinski definition) is 1. The minimum atomic E-state index is -0.359. The highest BCUT2D eigenvalue weighted by atomic mass is 16.5. The maximum Gasteiger partial charge on any atom is 0.313 e. The Bertz CT molecular complexity index is 170. The average molecular weight is 187 g/mol. The van der Waals surface area contributed by atoms with Gasteiger partial charge in [-0.2, -0.15) is 0 Å². The molecule has 1 saturated heterocycles. The van der Waals surface area contributed by atoms with Crippen molar-refractivity contribution in [3.8, 4) is 0 Å². The highest BCUT2D eigenvalue weighted by Gasteiger charge is 2.40. The summed E-state index contributed by atoms with van der Waals surface area (Å²) in [7, 11) is 3.29. The van der Waals surface area contributed by atoms with Gasteiger partial charge in [-0.3, -0.25) is 4.79 Å². The number of esters is 1. The Morgan fingerprint density at radius 1 is 1.54 bits per heavy atom. The molecule has 1 fully saturated rings. The Kier molecular flexibility index (Phi) is 3.69. The van der Waals surface area contributed by atoms with Crippen molar-refractivity contribution in [3.63, 3.8) is 0 Å². The molecular formula is C9H17NO3. The summed E-state index contributed by atoms with van der Waals surface area (Å²) in [4.78, 5) is 11.6. The molecule has 76 valence electrons. The second-order valence-corrected chi connectivity index (χ2v) is 3.41. The number of carbonyl (C=O) groups is 1. The van der Waals surface area contributed by atoms with Crippen LogP contribution in [0, 0.1) is 5.41 Å². The van der Waals surface area contributed by atoms with Crippen LogP contribution < -0.4 is 5.32 Å². The third-order valence-electron chi connectivity index (χ3n) is 2.58. The summed E-state index contributed by atoms with van der Waals surface area (Å²) >= 11 is 0. The van der Waals surface area contributed by atoms with Gasteiger partial charge in [0.2, 0.25) is 0 Å². The second kappa shape index (κ2) is 4.58. The lowest BCUT2D eigenvalue weighted by Crippen LogP contribution is -2.44. The smallest absolute Gasteiger partial charge is 0.313 e. The largest absolute Gasteiger partial charge is 0.469 e. The number of hydrogen-bond acceptors (Lipinski definition) is 4. The monoisotopic (exact) mass is 187 g/mol. The van der Waals surface area contributed by atoms with Gasteiger partial charge in [0.25, 0.3) is 0 Å². The van der Waals surface area contributed by atoms with Gasteiger partial charge in [0, 0.05) is 19.8 Å². The fraction of sp³-hybridized carbons (Fsp3) is 0.889. The van der Waals surface area contributed by atoms with Gasteiger partial charge in [0.1, 0.15) is 0 Å². The molecule has 0 spiro atoms. The van der Waals surface area contributed by atoms with E-state index in [0.717, 1.165) is 12.8 Å². The van der Waals surface area contributed by atoms with Gasteiger partial charge in [-0.05, 0) is 19.9 Å². The quantitative estimate of drug-likeness (QED) is 0.640. The van der Waals surface area contributed by atoms with Crippen molar-refractivity contribution in [2.24, 2.45) is 5.41 Å². The molecule has 0 radical (unpaired) electrons. The molecule has 4 heteroatoms. The van der Waals surface area contributed by atoms with Crippen LogP contribution in [0.5, 0.6) is 0 Å². The zero-order valence-electron chi connectivity index (χ0n) is 8.26. The first kappa shape index (κ1) is 10.5. The maximum absolute atomic E-state index is 11.6. The predicted octanol–water partition coefficient (Wildman–Crippen LogP) is 0.176. The van der Waals surface area contributed by atoms with Crippen molar-refractivity contribution in [3.05, 3.63) is 0 Å². The number of nitrogens with one attached hydrogen (secondary N) is 1. The Morgan fingerprint density at radius 3 is 2.62 bits per heavy atom. The first-order valence-electron chi connectivity index (χ1n) is 4.56. The number of ether oxygens (including phenoxy) is 2. The van der Waals surface area contributed by atoms with Gasteiger partial charge >= 0.3 is 5.97 Å². The van der Waals surface area contributed by atoms with E-state index in [2.05, 4.69) is 5.32 Å². The molecule has 0 bridgehead atoms. The Hall–Kier alpha value is -0.610. The van der Waals surface area contributed by atoms with Gasteiger partial charge < -0.3 is 14.8 Å². The van der Waals surface area contributed by atoms with Crippen molar-refractivity contribution in [1.29, 1.82) is 0 Å². The molecule has 0 unspecified atom stereocenters. The molecule has 0 aromatic heterocycles. The van der Waals surface area contributed by atoms with E-state index >= 15 is 0 Å². The van der Waals surface area contributed by atoms with Gasteiger partial charge in [-0.15, -0.1) is 0 Å². The van der Waals surface area contributed by atoms with E-state index in [9.17, 15) is 4.79 Å². The van der Waals surface area contributed by atoms with E-state index in [1.807, 2.05) is 7.05 Å². The summed E-state index contributed by atoms with van der Waals surface area (Å²) in [5.74, 6) is -0.120. The van der Waals surface area contributed by atoms with Gasteiger partial charge in [-0.25, -0.2) is 0 Å². The highest BCUT2D eigenvalue weighted by molar-refractivity contribution is 5.77. The molecule has 13 heavy (non-hydrogen) atoms. The molecule has 0 amide bonds. The minimum Gasteiger partial charge on any atom is -0.469 e. The van der Waals surface area contributed by atoms with Crippen molar-refractivity contribution >= 4 is 5.97 Å². The summed E-state index contributed by atoms with van der Waals surface area (Å²) in [6.45, 7) is 1.97. The maximum atomic E-state index is 11.6. The average Bonchev–Trinajstić information content (AvgIpc) is 2.18. The molecule has 0 aromatic carbocycles. The number of rotatable bonds is 3. The molecule has 4 nitrogen and oxygen atoms in total. The molecule has 0 saturated carbocycles. The lowest BCUT2D eigenvalue weighted by molar-refractivity contribution is -0.158. The molecule has 1 N–H and O–H groups in total. The highest BCUT2D eigenvalue weighted by Crippen LogP contribution is 2.30. The standard InChI is InChI=1S/C9H17NO3/c1-10-7-9(8(11)12-2)3-5-13-6-4-9/h10H,3-7H2,1-2H3. The molecule has 1 rings (SSSR count). The van der Waals surface area contributed by atoms with E-state index in [-0.39, 0.29) is 11.4 Å². The molecule has 0 atom stereocenters. The van der Waals surface area contributed by atoms with Crippen molar-refractivity contribution in [1.82, 2.24) is 5.32 Å². The van der Waals surface area contributed by atoms with Crippen molar-refractivity contribution in [2.75, 3.05) is 33.9 Å². The molecule has 1 heterocycles. The van der Waals surface area contributed by atoms with Gasteiger partial charge in [0.05, 0.1) is 12.5 Å². The van der Waals surface area contributed by atoms with Crippen LogP contribution in [0.1, 0.15) is 12.8 Å². The predicted molar refractivity (Wildman–Crippen MR) is 48.4 cm³/mol. The summed E-state index contributed by atoms with van der Waals surface area (Å²) in [6.07, 6.45) is 1.50. The third kappa shape index (κ3) is 2.19. The molecule has 1 aliphatic heterocycles. The second-order valence-electron chi connectivity index (χ2n) is 3.41. The molecule has 0 aliphatic carbocycles. The van der Waals surface area contributed by atoms with Crippen LogP contribution >= 0.6 is 0 Å². The van der Waals surface area contributed by atoms with Crippen LogP contribution in [0.2, 0.25) is 0 Å². The Morgan fingerprint density at radius 2 is 2.15 bits per heavy atom. The number of methoxy groups -OCH3 is 1. The number of carbonyl (C=O) groups excluding carboxylic acids is 1. The fourth-order valence-electron chi connectivity index (χ4n) is 1.77. The van der Waals surface area contributed by atoms with E-state index in [4.69, 9.17) is 9.47 Å². The van der Waals surface area contributed by atoms with Crippen molar-refractivity contribution in [2.45, 2.75) is 12.8 Å². The summed E-state index contributed by atoms with van der Waals surface area (Å²) in [5.41, 5.74) is -0.359. The van der Waals surface area contributed by atoms with Gasteiger partial charge in [0.15, 0.2) is 0 Å². The van der Waals surface area contributed by atoms with Crippen LogP contribution in [0.25, 0.3) is 0 Å². The van der Waals surface area contributed by atoms with Crippen LogP contribution in [-0.2, 0) is 14.3 Å². The molecule has 1 aliphatic rings. The summed E-state index contributed by atoms with van der Waals surface area (Å²) in [6, 6.07) is 0. The van der Waals surface area contributed by atoms with Crippen LogP contribution in [-0.4, -0.2) is 39.9 Å². The van der Waals surface area contributed by atoms with Crippen LogP contribution in [0.3, 0.4) is 0 Å². The van der Waals surface area contributed by atoms with E-state index in [1.54, 1.807) is 0 Å². The van der Waals surface area contributed by atoms with Crippen LogP contribution in [0.15, 0.2) is 0 Å². The lowest BCUT2D eigenvalue weighted by Gasteiger charge is -2.34. The summed E-state index contributed by atoms with van der Waals surface area (Å²) in [5, 5.41) is 3.04. The van der Waals surface area contributed by atoms with E-state index in [0.29, 0.717) is 19.8 Å². The Balaban J connectivity index is 2.66. The minimum absolute atomic E-state index is 0.120. The zero-order valence-corrected chi connectivity index (χ0v) is 8.26.